The molecule has 3 nitrogen and oxygen atoms in total. The van der Waals surface area contributed by atoms with Crippen LogP contribution in [0.15, 0.2) is 48.0 Å². The van der Waals surface area contributed by atoms with Gasteiger partial charge in [0.1, 0.15) is 0 Å². The van der Waals surface area contributed by atoms with E-state index in [2.05, 4.69) is 52.5 Å². The molecule has 96 valence electrons. The Labute approximate surface area is 109 Å². The normalized spacial score (nSPS) is 22.4. The van der Waals surface area contributed by atoms with E-state index in [1.807, 2.05) is 6.08 Å². The average molecular weight is 243 g/mol. The molecule has 3 heteroatoms. The van der Waals surface area contributed by atoms with Crippen LogP contribution in [-0.2, 0) is 0 Å². The van der Waals surface area contributed by atoms with Gasteiger partial charge in [0.15, 0.2) is 5.96 Å². The minimum absolute atomic E-state index is 0.719. The smallest absolute Gasteiger partial charge is 0.191 e. The fourth-order valence-corrected chi connectivity index (χ4v) is 2.20. The first-order valence-electron chi connectivity index (χ1n) is 6.45. The SMILES string of the molecule is C=CCNC(=NC)NCC1CC1c1ccccc1. The predicted molar refractivity (Wildman–Crippen MR) is 76.9 cm³/mol. The Morgan fingerprint density at radius 1 is 1.39 bits per heavy atom. The summed E-state index contributed by atoms with van der Waals surface area (Å²) in [6, 6.07) is 10.7. The van der Waals surface area contributed by atoms with Crippen LogP contribution >= 0.6 is 0 Å². The van der Waals surface area contributed by atoms with Crippen LogP contribution in [0.3, 0.4) is 0 Å². The van der Waals surface area contributed by atoms with Gasteiger partial charge in [0.2, 0.25) is 0 Å². The molecule has 1 aromatic rings. The van der Waals surface area contributed by atoms with E-state index >= 15 is 0 Å². The quantitative estimate of drug-likeness (QED) is 0.472. The van der Waals surface area contributed by atoms with Gasteiger partial charge in [-0.2, -0.15) is 0 Å². The Morgan fingerprint density at radius 3 is 2.83 bits per heavy atom. The van der Waals surface area contributed by atoms with E-state index in [-0.39, 0.29) is 0 Å². The molecule has 0 heterocycles. The van der Waals surface area contributed by atoms with Gasteiger partial charge in [-0.3, -0.25) is 4.99 Å². The largest absolute Gasteiger partial charge is 0.356 e. The minimum Gasteiger partial charge on any atom is -0.356 e. The summed E-state index contributed by atoms with van der Waals surface area (Å²) in [4.78, 5) is 4.17. The van der Waals surface area contributed by atoms with Crippen molar-refractivity contribution in [2.75, 3.05) is 20.1 Å². The van der Waals surface area contributed by atoms with Crippen LogP contribution < -0.4 is 10.6 Å². The van der Waals surface area contributed by atoms with E-state index in [1.165, 1.54) is 12.0 Å². The summed E-state index contributed by atoms with van der Waals surface area (Å²) in [6.45, 7) is 5.41. The second kappa shape index (κ2) is 6.24. The number of guanidine groups is 1. The van der Waals surface area contributed by atoms with Gasteiger partial charge in [-0.25, -0.2) is 0 Å². The molecule has 1 fully saturated rings. The van der Waals surface area contributed by atoms with Gasteiger partial charge >= 0.3 is 0 Å². The molecule has 0 radical (unpaired) electrons. The Balaban J connectivity index is 1.75. The fourth-order valence-electron chi connectivity index (χ4n) is 2.20. The molecule has 1 saturated carbocycles. The van der Waals surface area contributed by atoms with Crippen molar-refractivity contribution in [3.05, 3.63) is 48.6 Å². The number of hydrogen-bond acceptors (Lipinski definition) is 1. The van der Waals surface area contributed by atoms with Crippen molar-refractivity contribution in [2.24, 2.45) is 10.9 Å². The van der Waals surface area contributed by atoms with Crippen molar-refractivity contribution >= 4 is 5.96 Å². The van der Waals surface area contributed by atoms with Crippen molar-refractivity contribution in [1.29, 1.82) is 0 Å². The number of aliphatic imine (C=N–C) groups is 1. The third-order valence-electron chi connectivity index (χ3n) is 3.32. The van der Waals surface area contributed by atoms with Crippen LogP contribution in [0.1, 0.15) is 17.9 Å². The number of benzene rings is 1. The van der Waals surface area contributed by atoms with Crippen molar-refractivity contribution < 1.29 is 0 Å². The second-order valence-corrected chi connectivity index (χ2v) is 4.64. The first-order valence-corrected chi connectivity index (χ1v) is 6.45. The number of hydrogen-bond donors (Lipinski definition) is 2. The minimum atomic E-state index is 0.719. The lowest BCUT2D eigenvalue weighted by Gasteiger charge is -2.10. The predicted octanol–water partition coefficient (Wildman–Crippen LogP) is 2.14. The van der Waals surface area contributed by atoms with E-state index in [4.69, 9.17) is 0 Å². The second-order valence-electron chi connectivity index (χ2n) is 4.64. The van der Waals surface area contributed by atoms with E-state index in [0.717, 1.165) is 30.9 Å². The van der Waals surface area contributed by atoms with Crippen molar-refractivity contribution in [3.8, 4) is 0 Å². The van der Waals surface area contributed by atoms with Crippen LogP contribution in [-0.4, -0.2) is 26.1 Å². The van der Waals surface area contributed by atoms with Crippen LogP contribution in [0.4, 0.5) is 0 Å². The lowest BCUT2D eigenvalue weighted by Crippen LogP contribution is -2.38. The summed E-state index contributed by atoms with van der Waals surface area (Å²) in [7, 11) is 1.79. The Hall–Kier alpha value is -1.77. The summed E-state index contributed by atoms with van der Waals surface area (Å²) < 4.78 is 0. The molecule has 0 aliphatic heterocycles. The fraction of sp³-hybridized carbons (Fsp3) is 0.400. The lowest BCUT2D eigenvalue weighted by atomic mass is 10.1. The third kappa shape index (κ3) is 3.36. The molecule has 1 aliphatic carbocycles. The van der Waals surface area contributed by atoms with Gasteiger partial charge in [-0.15, -0.1) is 6.58 Å². The van der Waals surface area contributed by atoms with Gasteiger partial charge in [-0.05, 0) is 23.8 Å². The van der Waals surface area contributed by atoms with Crippen molar-refractivity contribution in [1.82, 2.24) is 10.6 Å². The van der Waals surface area contributed by atoms with Gasteiger partial charge in [0.05, 0.1) is 0 Å². The number of nitrogens with one attached hydrogen (secondary N) is 2. The molecule has 2 rings (SSSR count). The third-order valence-corrected chi connectivity index (χ3v) is 3.32. The van der Waals surface area contributed by atoms with Gasteiger partial charge in [0.25, 0.3) is 0 Å². The molecule has 0 saturated heterocycles. The van der Waals surface area contributed by atoms with E-state index < -0.39 is 0 Å². The van der Waals surface area contributed by atoms with Crippen molar-refractivity contribution in [3.63, 3.8) is 0 Å². The maximum Gasteiger partial charge on any atom is 0.191 e. The molecular formula is C15H21N3. The Kier molecular flexibility index (Phi) is 4.40. The van der Waals surface area contributed by atoms with Gasteiger partial charge in [0, 0.05) is 20.1 Å². The van der Waals surface area contributed by atoms with E-state index in [9.17, 15) is 0 Å². The molecule has 0 aromatic heterocycles. The first kappa shape index (κ1) is 12.7. The highest BCUT2D eigenvalue weighted by Gasteiger charge is 2.37. The van der Waals surface area contributed by atoms with Crippen molar-refractivity contribution in [2.45, 2.75) is 12.3 Å². The zero-order chi connectivity index (χ0) is 12.8. The standard InChI is InChI=1S/C15H21N3/c1-3-9-17-15(16-2)18-11-13-10-14(13)12-7-5-4-6-8-12/h3-8,13-14H,1,9-11H2,2H3,(H2,16,17,18). The highest BCUT2D eigenvalue weighted by molar-refractivity contribution is 5.79. The van der Waals surface area contributed by atoms with Gasteiger partial charge < -0.3 is 10.6 Å². The average Bonchev–Trinajstić information content (AvgIpc) is 3.20. The maximum absolute atomic E-state index is 4.17. The van der Waals surface area contributed by atoms with Gasteiger partial charge in [-0.1, -0.05) is 36.4 Å². The number of rotatable bonds is 5. The Morgan fingerprint density at radius 2 is 2.17 bits per heavy atom. The summed E-state index contributed by atoms with van der Waals surface area (Å²) in [5.74, 6) is 2.31. The van der Waals surface area contributed by atoms with Crippen LogP contribution in [0.2, 0.25) is 0 Å². The van der Waals surface area contributed by atoms with Crippen LogP contribution in [0.5, 0.6) is 0 Å². The summed E-state index contributed by atoms with van der Waals surface area (Å²) in [5, 5.41) is 6.53. The maximum atomic E-state index is 4.17. The first-order chi connectivity index (χ1) is 8.85. The van der Waals surface area contributed by atoms with E-state index in [0.29, 0.717) is 0 Å². The number of nitrogens with zero attached hydrogens (tertiary/aromatic N) is 1. The highest BCUT2D eigenvalue weighted by Crippen LogP contribution is 2.46. The highest BCUT2D eigenvalue weighted by atomic mass is 15.2. The molecule has 0 spiro atoms. The molecule has 2 unspecified atom stereocenters. The summed E-state index contributed by atoms with van der Waals surface area (Å²) >= 11 is 0. The molecule has 1 aromatic carbocycles. The summed E-state index contributed by atoms with van der Waals surface area (Å²) in [6.07, 6.45) is 3.10. The molecule has 2 N–H and O–H groups in total. The molecule has 0 amide bonds. The lowest BCUT2D eigenvalue weighted by molar-refractivity contribution is 0.728. The zero-order valence-corrected chi connectivity index (χ0v) is 10.9. The zero-order valence-electron chi connectivity index (χ0n) is 10.9. The van der Waals surface area contributed by atoms with Crippen LogP contribution in [0.25, 0.3) is 0 Å². The Bertz CT molecular complexity index is 411. The monoisotopic (exact) mass is 243 g/mol. The topological polar surface area (TPSA) is 36.4 Å². The molecule has 18 heavy (non-hydrogen) atoms. The molecular weight excluding hydrogens is 222 g/mol. The van der Waals surface area contributed by atoms with Crippen LogP contribution in [0, 0.1) is 5.92 Å². The van der Waals surface area contributed by atoms with E-state index in [1.54, 1.807) is 7.05 Å². The molecule has 0 bridgehead atoms. The molecule has 2 atom stereocenters. The molecule has 1 aliphatic rings. The summed E-state index contributed by atoms with van der Waals surface area (Å²) in [5.41, 5.74) is 1.46.